The lowest BCUT2D eigenvalue weighted by Gasteiger charge is -2.14. The standard InChI is InChI=1S/C16H17N3O2/c1-21-16-12(9-14(17)20)13-6-2-3-8-19(13)15(16)11-5-4-7-18-10-11/h2,4-7,10H,3,8-9H2,1H3,(H2,17,20). The molecule has 108 valence electrons. The summed E-state index contributed by atoms with van der Waals surface area (Å²) in [5, 5.41) is 0. The molecule has 3 rings (SSSR count). The second-order valence-corrected chi connectivity index (χ2v) is 4.97. The molecule has 21 heavy (non-hydrogen) atoms. The molecule has 0 radical (unpaired) electrons. The summed E-state index contributed by atoms with van der Waals surface area (Å²) in [7, 11) is 1.62. The van der Waals surface area contributed by atoms with Crippen LogP contribution in [0.5, 0.6) is 5.75 Å². The Hall–Kier alpha value is -2.56. The Morgan fingerprint density at radius 1 is 1.52 bits per heavy atom. The van der Waals surface area contributed by atoms with Gasteiger partial charge in [-0.25, -0.2) is 0 Å². The van der Waals surface area contributed by atoms with Crippen molar-refractivity contribution >= 4 is 12.0 Å². The molecule has 0 aliphatic carbocycles. The number of pyridine rings is 1. The molecule has 3 heterocycles. The molecule has 0 fully saturated rings. The second-order valence-electron chi connectivity index (χ2n) is 4.97. The van der Waals surface area contributed by atoms with Gasteiger partial charge < -0.3 is 15.0 Å². The van der Waals surface area contributed by atoms with E-state index in [4.69, 9.17) is 10.5 Å². The minimum Gasteiger partial charge on any atom is -0.494 e. The summed E-state index contributed by atoms with van der Waals surface area (Å²) in [6.45, 7) is 0.852. The predicted molar refractivity (Wildman–Crippen MR) is 80.8 cm³/mol. The zero-order valence-electron chi connectivity index (χ0n) is 11.9. The number of ether oxygens (including phenoxy) is 1. The molecule has 0 saturated heterocycles. The molecule has 2 N–H and O–H groups in total. The van der Waals surface area contributed by atoms with Gasteiger partial charge in [0.05, 0.1) is 19.2 Å². The molecule has 0 bridgehead atoms. The van der Waals surface area contributed by atoms with E-state index in [0.717, 1.165) is 35.5 Å². The average molecular weight is 283 g/mol. The van der Waals surface area contributed by atoms with Crippen LogP contribution in [0, 0.1) is 0 Å². The number of primary amides is 1. The van der Waals surface area contributed by atoms with E-state index in [1.54, 1.807) is 19.5 Å². The molecule has 1 aliphatic rings. The van der Waals surface area contributed by atoms with Crippen LogP contribution < -0.4 is 10.5 Å². The lowest BCUT2D eigenvalue weighted by Crippen LogP contribution is -2.15. The minimum absolute atomic E-state index is 0.170. The summed E-state index contributed by atoms with van der Waals surface area (Å²) < 4.78 is 7.77. The second kappa shape index (κ2) is 5.44. The quantitative estimate of drug-likeness (QED) is 0.933. The van der Waals surface area contributed by atoms with Crippen LogP contribution in [-0.4, -0.2) is 22.6 Å². The minimum atomic E-state index is -0.363. The Bertz CT molecular complexity index is 702. The van der Waals surface area contributed by atoms with Crippen LogP contribution >= 0.6 is 0 Å². The number of carbonyl (C=O) groups excluding carboxylic acids is 1. The molecule has 5 nitrogen and oxygen atoms in total. The van der Waals surface area contributed by atoms with Gasteiger partial charge in [-0.2, -0.15) is 0 Å². The maximum absolute atomic E-state index is 11.4. The van der Waals surface area contributed by atoms with Gasteiger partial charge in [0.1, 0.15) is 5.75 Å². The van der Waals surface area contributed by atoms with E-state index in [9.17, 15) is 4.79 Å². The lowest BCUT2D eigenvalue weighted by atomic mass is 10.1. The SMILES string of the molecule is COc1c(CC(N)=O)c2n(c1-c1cccnc1)CCC=C2. The maximum Gasteiger partial charge on any atom is 0.222 e. The van der Waals surface area contributed by atoms with Crippen molar-refractivity contribution in [2.24, 2.45) is 5.73 Å². The molecule has 5 heteroatoms. The van der Waals surface area contributed by atoms with E-state index in [2.05, 4.69) is 15.6 Å². The van der Waals surface area contributed by atoms with E-state index in [0.29, 0.717) is 5.75 Å². The van der Waals surface area contributed by atoms with Crippen LogP contribution in [0.25, 0.3) is 17.3 Å². The number of hydrogen-bond acceptors (Lipinski definition) is 3. The van der Waals surface area contributed by atoms with Crippen molar-refractivity contribution < 1.29 is 9.53 Å². The van der Waals surface area contributed by atoms with Crippen molar-refractivity contribution in [2.75, 3.05) is 7.11 Å². The predicted octanol–water partition coefficient (Wildman–Crippen LogP) is 2.00. The summed E-state index contributed by atoms with van der Waals surface area (Å²) in [5.41, 5.74) is 9.17. The first kappa shape index (κ1) is 13.4. The number of allylic oxidation sites excluding steroid dienone is 1. The molecule has 0 unspecified atom stereocenters. The number of nitrogens with zero attached hydrogens (tertiary/aromatic N) is 2. The molecule has 1 aliphatic heterocycles. The van der Waals surface area contributed by atoms with E-state index in [1.807, 2.05) is 18.2 Å². The summed E-state index contributed by atoms with van der Waals surface area (Å²) in [6, 6.07) is 3.88. The monoisotopic (exact) mass is 283 g/mol. The van der Waals surface area contributed by atoms with Crippen molar-refractivity contribution in [1.82, 2.24) is 9.55 Å². The molecule has 0 spiro atoms. The van der Waals surface area contributed by atoms with Gasteiger partial charge in [0.25, 0.3) is 0 Å². The van der Waals surface area contributed by atoms with Gasteiger partial charge in [-0.15, -0.1) is 0 Å². The molecular weight excluding hydrogens is 266 g/mol. The fraction of sp³-hybridized carbons (Fsp3) is 0.250. The average Bonchev–Trinajstić information content (AvgIpc) is 2.81. The first-order valence-electron chi connectivity index (χ1n) is 6.87. The van der Waals surface area contributed by atoms with Crippen LogP contribution in [0.4, 0.5) is 0 Å². The van der Waals surface area contributed by atoms with E-state index in [-0.39, 0.29) is 12.3 Å². The smallest absolute Gasteiger partial charge is 0.222 e. The lowest BCUT2D eigenvalue weighted by molar-refractivity contribution is -0.117. The highest BCUT2D eigenvalue weighted by molar-refractivity contribution is 5.83. The Labute approximate surface area is 123 Å². The molecule has 0 saturated carbocycles. The normalized spacial score (nSPS) is 13.0. The van der Waals surface area contributed by atoms with E-state index < -0.39 is 0 Å². The van der Waals surface area contributed by atoms with Crippen LogP contribution in [0.3, 0.4) is 0 Å². The van der Waals surface area contributed by atoms with Gasteiger partial charge in [-0.05, 0) is 24.6 Å². The van der Waals surface area contributed by atoms with Crippen LogP contribution in [0.1, 0.15) is 17.7 Å². The van der Waals surface area contributed by atoms with Gasteiger partial charge in [-0.3, -0.25) is 9.78 Å². The van der Waals surface area contributed by atoms with Crippen molar-refractivity contribution in [1.29, 1.82) is 0 Å². The maximum atomic E-state index is 11.4. The zero-order valence-corrected chi connectivity index (χ0v) is 11.9. The van der Waals surface area contributed by atoms with Crippen molar-refractivity contribution in [2.45, 2.75) is 19.4 Å². The topological polar surface area (TPSA) is 70.1 Å². The molecular formula is C16H17N3O2. The molecule has 0 atom stereocenters. The highest BCUT2D eigenvalue weighted by Crippen LogP contribution is 2.40. The summed E-state index contributed by atoms with van der Waals surface area (Å²) in [5.74, 6) is 0.349. The number of nitrogens with two attached hydrogens (primary N) is 1. The number of methoxy groups -OCH3 is 1. The fourth-order valence-corrected chi connectivity index (χ4v) is 2.84. The fourth-order valence-electron chi connectivity index (χ4n) is 2.84. The van der Waals surface area contributed by atoms with Crippen LogP contribution in [0.15, 0.2) is 30.6 Å². The van der Waals surface area contributed by atoms with Crippen molar-refractivity contribution in [3.05, 3.63) is 41.9 Å². The van der Waals surface area contributed by atoms with Crippen molar-refractivity contribution in [3.8, 4) is 17.0 Å². The third-order valence-corrected chi connectivity index (χ3v) is 3.64. The zero-order chi connectivity index (χ0) is 14.8. The van der Waals surface area contributed by atoms with E-state index >= 15 is 0 Å². The number of fused-ring (bicyclic) bond motifs is 1. The third-order valence-electron chi connectivity index (χ3n) is 3.64. The molecule has 2 aromatic rings. The number of carbonyl (C=O) groups is 1. The number of rotatable bonds is 4. The largest absolute Gasteiger partial charge is 0.494 e. The Kier molecular flexibility index (Phi) is 3.48. The van der Waals surface area contributed by atoms with E-state index in [1.165, 1.54) is 0 Å². The summed E-state index contributed by atoms with van der Waals surface area (Å²) in [6.07, 6.45) is 8.80. The van der Waals surface area contributed by atoms with Gasteiger partial charge in [0.15, 0.2) is 0 Å². The van der Waals surface area contributed by atoms with Crippen molar-refractivity contribution in [3.63, 3.8) is 0 Å². The molecule has 2 aromatic heterocycles. The summed E-state index contributed by atoms with van der Waals surface area (Å²) in [4.78, 5) is 15.6. The van der Waals surface area contributed by atoms with Gasteiger partial charge in [0, 0.05) is 35.8 Å². The molecule has 0 aromatic carbocycles. The molecule has 1 amide bonds. The van der Waals surface area contributed by atoms with Gasteiger partial charge in [0.2, 0.25) is 5.91 Å². The summed E-state index contributed by atoms with van der Waals surface area (Å²) >= 11 is 0. The Morgan fingerprint density at radius 2 is 2.38 bits per heavy atom. The Balaban J connectivity index is 2.26. The van der Waals surface area contributed by atoms with Crippen LogP contribution in [0.2, 0.25) is 0 Å². The van der Waals surface area contributed by atoms with Gasteiger partial charge >= 0.3 is 0 Å². The van der Waals surface area contributed by atoms with Gasteiger partial charge in [-0.1, -0.05) is 6.08 Å². The van der Waals surface area contributed by atoms with Crippen LogP contribution in [-0.2, 0) is 17.8 Å². The highest BCUT2D eigenvalue weighted by Gasteiger charge is 2.25. The number of aromatic nitrogens is 2. The number of hydrogen-bond donors (Lipinski definition) is 1. The highest BCUT2D eigenvalue weighted by atomic mass is 16.5. The Morgan fingerprint density at radius 3 is 3.05 bits per heavy atom. The third kappa shape index (κ3) is 2.31. The first-order valence-corrected chi connectivity index (χ1v) is 6.87. The first-order chi connectivity index (χ1) is 10.2. The number of amides is 1.